The van der Waals surface area contributed by atoms with Crippen molar-refractivity contribution in [1.82, 2.24) is 14.9 Å². The molecular weight excluding hydrogens is 386 g/mol. The van der Waals surface area contributed by atoms with Gasteiger partial charge in [0, 0.05) is 12.1 Å². The maximum Gasteiger partial charge on any atom is 0.251 e. The molecule has 158 valence electrons. The van der Waals surface area contributed by atoms with Crippen molar-refractivity contribution < 1.29 is 9.53 Å². The van der Waals surface area contributed by atoms with Crippen LogP contribution in [-0.4, -0.2) is 22.1 Å². The summed E-state index contributed by atoms with van der Waals surface area (Å²) in [6.45, 7) is 5.35. The number of fused-ring (bicyclic) bond motifs is 1. The number of rotatable bonds is 8. The van der Waals surface area contributed by atoms with Crippen LogP contribution in [0, 0.1) is 6.92 Å². The number of carbonyl (C=O) groups is 1. The second kappa shape index (κ2) is 9.47. The summed E-state index contributed by atoms with van der Waals surface area (Å²) < 4.78 is 8.03. The Bertz CT molecular complexity index is 1150. The van der Waals surface area contributed by atoms with Gasteiger partial charge in [0.2, 0.25) is 0 Å². The van der Waals surface area contributed by atoms with Crippen LogP contribution in [0.2, 0.25) is 0 Å². The minimum absolute atomic E-state index is 0.0986. The monoisotopic (exact) mass is 413 g/mol. The molecule has 5 nitrogen and oxygen atoms in total. The maximum atomic E-state index is 12.7. The van der Waals surface area contributed by atoms with Crippen LogP contribution in [0.1, 0.15) is 41.1 Å². The Morgan fingerprint density at radius 2 is 1.71 bits per heavy atom. The zero-order valence-corrected chi connectivity index (χ0v) is 17.9. The summed E-state index contributed by atoms with van der Waals surface area (Å²) in [5.74, 6) is 1.62. The van der Waals surface area contributed by atoms with E-state index in [1.807, 2.05) is 86.6 Å². The molecular formula is C26H27N3O2. The van der Waals surface area contributed by atoms with Crippen molar-refractivity contribution in [3.8, 4) is 5.75 Å². The largest absolute Gasteiger partial charge is 0.494 e. The van der Waals surface area contributed by atoms with Gasteiger partial charge in [-0.25, -0.2) is 4.98 Å². The van der Waals surface area contributed by atoms with Gasteiger partial charge in [0.25, 0.3) is 5.91 Å². The van der Waals surface area contributed by atoms with Gasteiger partial charge in [0.1, 0.15) is 11.6 Å². The van der Waals surface area contributed by atoms with Gasteiger partial charge in [0.15, 0.2) is 0 Å². The smallest absolute Gasteiger partial charge is 0.251 e. The predicted octanol–water partition coefficient (Wildman–Crippen LogP) is 5.30. The molecule has 3 aromatic carbocycles. The molecule has 1 unspecified atom stereocenters. The highest BCUT2D eigenvalue weighted by Gasteiger charge is 2.19. The van der Waals surface area contributed by atoms with Gasteiger partial charge in [-0.1, -0.05) is 48.0 Å². The summed E-state index contributed by atoms with van der Waals surface area (Å²) in [6.07, 6.45) is 0.834. The van der Waals surface area contributed by atoms with Crippen molar-refractivity contribution >= 4 is 16.9 Å². The van der Waals surface area contributed by atoms with Gasteiger partial charge in [0.05, 0.1) is 23.7 Å². The predicted molar refractivity (Wildman–Crippen MR) is 123 cm³/mol. The van der Waals surface area contributed by atoms with Crippen molar-refractivity contribution in [3.63, 3.8) is 0 Å². The molecule has 0 bridgehead atoms. The third kappa shape index (κ3) is 4.94. The van der Waals surface area contributed by atoms with E-state index in [4.69, 9.17) is 9.72 Å². The Morgan fingerprint density at radius 1 is 1.00 bits per heavy atom. The molecule has 0 fully saturated rings. The minimum atomic E-state index is -0.226. The molecule has 1 atom stereocenters. The van der Waals surface area contributed by atoms with E-state index in [0.29, 0.717) is 12.2 Å². The van der Waals surface area contributed by atoms with Crippen LogP contribution in [0.5, 0.6) is 5.75 Å². The average molecular weight is 414 g/mol. The van der Waals surface area contributed by atoms with E-state index in [2.05, 4.69) is 16.0 Å². The summed E-state index contributed by atoms with van der Waals surface area (Å²) in [4.78, 5) is 17.5. The van der Waals surface area contributed by atoms with Gasteiger partial charge in [-0.2, -0.15) is 0 Å². The van der Waals surface area contributed by atoms with Crippen LogP contribution in [0.3, 0.4) is 0 Å². The van der Waals surface area contributed by atoms with E-state index in [-0.39, 0.29) is 11.9 Å². The first-order valence-electron chi connectivity index (χ1n) is 10.6. The SMILES string of the molecule is Cc1ccc(C(=O)NC(C)c2nc3ccccc3n2CCCOc2ccccc2)cc1. The Kier molecular flexibility index (Phi) is 6.32. The Hall–Kier alpha value is -3.60. The number of ether oxygens (including phenoxy) is 1. The molecule has 1 aromatic heterocycles. The molecule has 0 radical (unpaired) electrons. The molecule has 1 heterocycles. The molecule has 0 saturated carbocycles. The number of benzene rings is 3. The van der Waals surface area contributed by atoms with Crippen LogP contribution in [0.15, 0.2) is 78.9 Å². The lowest BCUT2D eigenvalue weighted by molar-refractivity contribution is 0.0937. The molecule has 31 heavy (non-hydrogen) atoms. The molecule has 0 spiro atoms. The van der Waals surface area contributed by atoms with E-state index >= 15 is 0 Å². The highest BCUT2D eigenvalue weighted by atomic mass is 16.5. The van der Waals surface area contributed by atoms with Crippen molar-refractivity contribution in [1.29, 1.82) is 0 Å². The minimum Gasteiger partial charge on any atom is -0.494 e. The Labute approximate surface area is 182 Å². The summed E-state index contributed by atoms with van der Waals surface area (Å²) in [6, 6.07) is 25.3. The first kappa shape index (κ1) is 20.7. The fraction of sp³-hybridized carbons (Fsp3) is 0.231. The van der Waals surface area contributed by atoms with Crippen molar-refractivity contribution in [3.05, 3.63) is 95.8 Å². The fourth-order valence-corrected chi connectivity index (χ4v) is 3.64. The number of amides is 1. The topological polar surface area (TPSA) is 56.2 Å². The van der Waals surface area contributed by atoms with Gasteiger partial charge >= 0.3 is 0 Å². The molecule has 0 aliphatic carbocycles. The molecule has 1 N–H and O–H groups in total. The number of aryl methyl sites for hydroxylation is 2. The second-order valence-electron chi connectivity index (χ2n) is 7.69. The Morgan fingerprint density at radius 3 is 2.48 bits per heavy atom. The molecule has 4 rings (SSSR count). The van der Waals surface area contributed by atoms with Crippen molar-refractivity contribution in [2.24, 2.45) is 0 Å². The number of imidazole rings is 1. The quantitative estimate of drug-likeness (QED) is 0.399. The summed E-state index contributed by atoms with van der Waals surface area (Å²) in [5, 5.41) is 3.10. The number of hydrogen-bond acceptors (Lipinski definition) is 3. The van der Waals surface area contributed by atoms with E-state index in [0.717, 1.165) is 41.1 Å². The summed E-state index contributed by atoms with van der Waals surface area (Å²) >= 11 is 0. The average Bonchev–Trinajstić information content (AvgIpc) is 3.16. The number of hydrogen-bond donors (Lipinski definition) is 1. The van der Waals surface area contributed by atoms with Crippen molar-refractivity contribution in [2.75, 3.05) is 6.61 Å². The lowest BCUT2D eigenvalue weighted by Crippen LogP contribution is -2.28. The lowest BCUT2D eigenvalue weighted by Gasteiger charge is -2.17. The number of para-hydroxylation sites is 3. The van der Waals surface area contributed by atoms with Gasteiger partial charge in [-0.15, -0.1) is 0 Å². The first-order chi connectivity index (χ1) is 15.1. The van der Waals surface area contributed by atoms with Crippen LogP contribution < -0.4 is 10.1 Å². The fourth-order valence-electron chi connectivity index (χ4n) is 3.64. The van der Waals surface area contributed by atoms with Crippen LogP contribution in [-0.2, 0) is 6.54 Å². The lowest BCUT2D eigenvalue weighted by atomic mass is 10.1. The number of carbonyl (C=O) groups excluding carboxylic acids is 1. The van der Waals surface area contributed by atoms with Gasteiger partial charge in [-0.05, 0) is 56.7 Å². The van der Waals surface area contributed by atoms with Crippen LogP contribution in [0.25, 0.3) is 11.0 Å². The third-order valence-electron chi connectivity index (χ3n) is 5.27. The second-order valence-corrected chi connectivity index (χ2v) is 7.69. The number of aromatic nitrogens is 2. The standard InChI is InChI=1S/C26H27N3O2/c1-19-13-15-21(16-14-19)26(30)27-20(2)25-28-23-11-6-7-12-24(23)29(25)17-8-18-31-22-9-4-3-5-10-22/h3-7,9-16,20H,8,17-18H2,1-2H3,(H,27,30). The zero-order chi connectivity index (χ0) is 21.6. The summed E-state index contributed by atoms with van der Waals surface area (Å²) in [7, 11) is 0. The molecule has 0 saturated heterocycles. The van der Waals surface area contributed by atoms with Gasteiger partial charge < -0.3 is 14.6 Å². The van der Waals surface area contributed by atoms with Gasteiger partial charge in [-0.3, -0.25) is 4.79 Å². The summed E-state index contributed by atoms with van der Waals surface area (Å²) in [5.41, 5.74) is 3.77. The highest BCUT2D eigenvalue weighted by Crippen LogP contribution is 2.22. The van der Waals surface area contributed by atoms with E-state index in [1.165, 1.54) is 0 Å². The highest BCUT2D eigenvalue weighted by molar-refractivity contribution is 5.94. The van der Waals surface area contributed by atoms with E-state index < -0.39 is 0 Å². The zero-order valence-electron chi connectivity index (χ0n) is 17.9. The molecule has 1 amide bonds. The normalized spacial score (nSPS) is 11.9. The van der Waals surface area contributed by atoms with Crippen LogP contribution in [0.4, 0.5) is 0 Å². The Balaban J connectivity index is 1.48. The van der Waals surface area contributed by atoms with E-state index in [9.17, 15) is 4.79 Å². The first-order valence-corrected chi connectivity index (χ1v) is 10.6. The number of nitrogens with zero attached hydrogens (tertiary/aromatic N) is 2. The molecule has 5 heteroatoms. The molecule has 0 aliphatic rings. The third-order valence-corrected chi connectivity index (χ3v) is 5.27. The number of nitrogens with one attached hydrogen (secondary N) is 1. The molecule has 0 aliphatic heterocycles. The maximum absolute atomic E-state index is 12.7. The van der Waals surface area contributed by atoms with Crippen molar-refractivity contribution in [2.45, 2.75) is 32.9 Å². The van der Waals surface area contributed by atoms with E-state index in [1.54, 1.807) is 0 Å². The molecule has 4 aromatic rings. The van der Waals surface area contributed by atoms with Crippen LogP contribution >= 0.6 is 0 Å².